The van der Waals surface area contributed by atoms with Crippen molar-refractivity contribution in [2.24, 2.45) is 11.7 Å². The molecular formula is C10H22N2S. The lowest BCUT2D eigenvalue weighted by molar-refractivity contribution is 0.192. The molecule has 78 valence electrons. The molecule has 2 nitrogen and oxygen atoms in total. The number of likely N-dealkylation sites (N-methyl/N-ethyl adjacent to an activating group) is 1. The highest BCUT2D eigenvalue weighted by Gasteiger charge is 2.26. The van der Waals surface area contributed by atoms with Crippen molar-refractivity contribution in [1.82, 2.24) is 4.90 Å². The van der Waals surface area contributed by atoms with E-state index in [4.69, 9.17) is 5.73 Å². The molecule has 3 heteroatoms. The molecule has 0 aliphatic carbocycles. The highest BCUT2D eigenvalue weighted by atomic mass is 32.2. The van der Waals surface area contributed by atoms with Crippen molar-refractivity contribution in [1.29, 1.82) is 0 Å². The van der Waals surface area contributed by atoms with Gasteiger partial charge in [0.25, 0.3) is 0 Å². The number of rotatable bonds is 5. The molecule has 0 aromatic heterocycles. The van der Waals surface area contributed by atoms with Crippen LogP contribution in [-0.4, -0.2) is 42.6 Å². The van der Waals surface area contributed by atoms with Crippen LogP contribution < -0.4 is 5.73 Å². The van der Waals surface area contributed by atoms with Crippen molar-refractivity contribution < 1.29 is 0 Å². The Labute approximate surface area is 86.2 Å². The average molecular weight is 202 g/mol. The number of thioether (sulfide) groups is 1. The van der Waals surface area contributed by atoms with Crippen LogP contribution in [0.5, 0.6) is 0 Å². The van der Waals surface area contributed by atoms with E-state index >= 15 is 0 Å². The first kappa shape index (κ1) is 11.3. The van der Waals surface area contributed by atoms with Gasteiger partial charge in [-0.3, -0.25) is 0 Å². The van der Waals surface area contributed by atoms with Gasteiger partial charge >= 0.3 is 0 Å². The van der Waals surface area contributed by atoms with Crippen LogP contribution in [0.4, 0.5) is 0 Å². The minimum atomic E-state index is 0.620. The molecule has 1 aliphatic rings. The van der Waals surface area contributed by atoms with E-state index in [1.54, 1.807) is 0 Å². The molecule has 0 saturated carbocycles. The minimum absolute atomic E-state index is 0.620. The Bertz CT molecular complexity index is 135. The summed E-state index contributed by atoms with van der Waals surface area (Å²) >= 11 is 2.08. The van der Waals surface area contributed by atoms with E-state index in [0.29, 0.717) is 6.04 Å². The van der Waals surface area contributed by atoms with Crippen LogP contribution in [0.15, 0.2) is 0 Å². The van der Waals surface area contributed by atoms with Crippen molar-refractivity contribution in [2.45, 2.75) is 25.8 Å². The van der Waals surface area contributed by atoms with Crippen molar-refractivity contribution in [3.8, 4) is 0 Å². The standard InChI is InChI=1S/C10H22N2S/c1-3-5-12(2)10(7-11)9-4-6-13-8-9/h9-10H,3-8,11H2,1-2H3. The van der Waals surface area contributed by atoms with E-state index in [1.807, 2.05) is 0 Å². The van der Waals surface area contributed by atoms with Crippen LogP contribution in [0.1, 0.15) is 19.8 Å². The van der Waals surface area contributed by atoms with Crippen molar-refractivity contribution >= 4 is 11.8 Å². The third-order valence-corrected chi connectivity index (χ3v) is 4.08. The third-order valence-electron chi connectivity index (χ3n) is 2.89. The molecule has 0 amide bonds. The van der Waals surface area contributed by atoms with E-state index in [9.17, 15) is 0 Å². The Hall–Kier alpha value is 0.270. The molecule has 2 N–H and O–H groups in total. The van der Waals surface area contributed by atoms with E-state index in [1.165, 1.54) is 30.9 Å². The Morgan fingerprint density at radius 1 is 1.62 bits per heavy atom. The fraction of sp³-hybridized carbons (Fsp3) is 1.00. The summed E-state index contributed by atoms with van der Waals surface area (Å²) in [6.45, 7) is 4.23. The molecule has 1 rings (SSSR count). The summed E-state index contributed by atoms with van der Waals surface area (Å²) in [5.74, 6) is 3.49. The molecule has 0 bridgehead atoms. The molecule has 0 aromatic carbocycles. The molecule has 13 heavy (non-hydrogen) atoms. The van der Waals surface area contributed by atoms with Crippen molar-refractivity contribution in [3.05, 3.63) is 0 Å². The van der Waals surface area contributed by atoms with Gasteiger partial charge in [-0.1, -0.05) is 6.92 Å². The lowest BCUT2D eigenvalue weighted by Gasteiger charge is -2.31. The largest absolute Gasteiger partial charge is 0.329 e. The van der Waals surface area contributed by atoms with E-state index in [0.717, 1.165) is 12.5 Å². The first-order chi connectivity index (χ1) is 6.29. The van der Waals surface area contributed by atoms with Crippen molar-refractivity contribution in [2.75, 3.05) is 31.6 Å². The van der Waals surface area contributed by atoms with Crippen LogP contribution in [0, 0.1) is 5.92 Å². The zero-order valence-corrected chi connectivity index (χ0v) is 9.65. The number of nitrogens with zero attached hydrogens (tertiary/aromatic N) is 1. The average Bonchev–Trinajstić information content (AvgIpc) is 2.59. The second-order valence-corrected chi connectivity index (χ2v) is 5.06. The summed E-state index contributed by atoms with van der Waals surface area (Å²) in [5.41, 5.74) is 5.83. The lowest BCUT2D eigenvalue weighted by atomic mass is 9.98. The van der Waals surface area contributed by atoms with Gasteiger partial charge in [0.2, 0.25) is 0 Å². The van der Waals surface area contributed by atoms with E-state index in [-0.39, 0.29) is 0 Å². The zero-order chi connectivity index (χ0) is 9.68. The molecule has 2 atom stereocenters. The molecule has 2 unspecified atom stereocenters. The summed E-state index contributed by atoms with van der Waals surface area (Å²) < 4.78 is 0. The number of nitrogens with two attached hydrogens (primary N) is 1. The maximum atomic E-state index is 5.83. The van der Waals surface area contributed by atoms with Gasteiger partial charge in [0.1, 0.15) is 0 Å². The Balaban J connectivity index is 2.39. The minimum Gasteiger partial charge on any atom is -0.329 e. The Morgan fingerprint density at radius 3 is 2.85 bits per heavy atom. The monoisotopic (exact) mass is 202 g/mol. The maximum absolute atomic E-state index is 5.83. The zero-order valence-electron chi connectivity index (χ0n) is 8.83. The Kier molecular flexibility index (Phi) is 5.14. The third kappa shape index (κ3) is 3.15. The maximum Gasteiger partial charge on any atom is 0.0251 e. The van der Waals surface area contributed by atoms with Crippen LogP contribution in [0.25, 0.3) is 0 Å². The fourth-order valence-electron chi connectivity index (χ4n) is 2.11. The quantitative estimate of drug-likeness (QED) is 0.731. The molecule has 1 fully saturated rings. The van der Waals surface area contributed by atoms with Gasteiger partial charge in [0, 0.05) is 12.6 Å². The molecular weight excluding hydrogens is 180 g/mol. The first-order valence-electron chi connectivity index (χ1n) is 5.27. The number of hydrogen-bond donors (Lipinski definition) is 1. The van der Waals surface area contributed by atoms with Gasteiger partial charge in [-0.15, -0.1) is 0 Å². The highest BCUT2D eigenvalue weighted by Crippen LogP contribution is 2.27. The molecule has 0 radical (unpaired) electrons. The summed E-state index contributed by atoms with van der Waals surface area (Å²) in [6.07, 6.45) is 2.59. The van der Waals surface area contributed by atoms with Crippen LogP contribution in [-0.2, 0) is 0 Å². The van der Waals surface area contributed by atoms with Crippen molar-refractivity contribution in [3.63, 3.8) is 0 Å². The fourth-order valence-corrected chi connectivity index (χ4v) is 3.43. The van der Waals surface area contributed by atoms with Gasteiger partial charge in [-0.05, 0) is 43.9 Å². The second kappa shape index (κ2) is 5.89. The molecule has 1 aliphatic heterocycles. The summed E-state index contributed by atoms with van der Waals surface area (Å²) in [4.78, 5) is 2.44. The predicted octanol–water partition coefficient (Wildman–Crippen LogP) is 1.41. The van der Waals surface area contributed by atoms with Gasteiger partial charge in [-0.25, -0.2) is 0 Å². The van der Waals surface area contributed by atoms with Crippen LogP contribution >= 0.6 is 11.8 Å². The summed E-state index contributed by atoms with van der Waals surface area (Å²) in [7, 11) is 2.21. The predicted molar refractivity (Wildman–Crippen MR) is 61.2 cm³/mol. The van der Waals surface area contributed by atoms with Gasteiger partial charge in [0.05, 0.1) is 0 Å². The molecule has 0 aromatic rings. The second-order valence-electron chi connectivity index (χ2n) is 3.91. The topological polar surface area (TPSA) is 29.3 Å². The summed E-state index contributed by atoms with van der Waals surface area (Å²) in [6, 6.07) is 0.620. The normalized spacial score (nSPS) is 25.4. The molecule has 0 spiro atoms. The van der Waals surface area contributed by atoms with Gasteiger partial charge in [0.15, 0.2) is 0 Å². The SMILES string of the molecule is CCCN(C)C(CN)C1CCSC1. The van der Waals surface area contributed by atoms with E-state index in [2.05, 4.69) is 30.6 Å². The van der Waals surface area contributed by atoms with Crippen LogP contribution in [0.2, 0.25) is 0 Å². The molecule has 1 saturated heterocycles. The molecule has 1 heterocycles. The lowest BCUT2D eigenvalue weighted by Crippen LogP contribution is -2.43. The number of hydrogen-bond acceptors (Lipinski definition) is 3. The Morgan fingerprint density at radius 2 is 2.38 bits per heavy atom. The van der Waals surface area contributed by atoms with E-state index < -0.39 is 0 Å². The highest BCUT2D eigenvalue weighted by molar-refractivity contribution is 7.99. The summed E-state index contributed by atoms with van der Waals surface area (Å²) in [5, 5.41) is 0. The first-order valence-corrected chi connectivity index (χ1v) is 6.43. The van der Waals surface area contributed by atoms with Crippen LogP contribution in [0.3, 0.4) is 0 Å². The van der Waals surface area contributed by atoms with Gasteiger partial charge < -0.3 is 10.6 Å². The smallest absolute Gasteiger partial charge is 0.0251 e. The van der Waals surface area contributed by atoms with Gasteiger partial charge in [-0.2, -0.15) is 11.8 Å².